The van der Waals surface area contributed by atoms with Gasteiger partial charge in [-0.15, -0.1) is 0 Å². The van der Waals surface area contributed by atoms with Crippen molar-refractivity contribution in [2.75, 3.05) is 13.1 Å². The topological polar surface area (TPSA) is 46.8 Å². The molecule has 0 bridgehead atoms. The van der Waals surface area contributed by atoms with Crippen LogP contribution in [0.3, 0.4) is 0 Å². The molecule has 0 saturated carbocycles. The van der Waals surface area contributed by atoms with Crippen LogP contribution in [-0.2, 0) is 4.74 Å². The molecule has 2 aromatic heterocycles. The molecule has 3 rings (SSSR count). The molecule has 1 aliphatic heterocycles. The average Bonchev–Trinajstić information content (AvgIpc) is 2.87. The molecule has 0 aromatic carbocycles. The van der Waals surface area contributed by atoms with Crippen molar-refractivity contribution in [3.63, 3.8) is 0 Å². The number of hydrogen-bond donors (Lipinski definition) is 0. The van der Waals surface area contributed by atoms with Gasteiger partial charge in [0.25, 0.3) is 0 Å². The zero-order chi connectivity index (χ0) is 16.6. The number of rotatable bonds is 1. The summed E-state index contributed by atoms with van der Waals surface area (Å²) in [5.41, 5.74) is 1.79. The van der Waals surface area contributed by atoms with Gasteiger partial charge >= 0.3 is 6.09 Å². The number of amides is 1. The van der Waals surface area contributed by atoms with E-state index in [-0.39, 0.29) is 6.09 Å². The molecule has 5 nitrogen and oxygen atoms in total. The fourth-order valence-electron chi connectivity index (χ4n) is 2.93. The number of nitrogens with zero attached hydrogens (tertiary/aromatic N) is 3. The third kappa shape index (κ3) is 3.68. The Bertz CT molecular complexity index is 712. The molecule has 6 heteroatoms. The molecule has 0 radical (unpaired) electrons. The van der Waals surface area contributed by atoms with Gasteiger partial charge < -0.3 is 9.64 Å². The fourth-order valence-corrected chi connectivity index (χ4v) is 3.32. The largest absolute Gasteiger partial charge is 0.444 e. The molecule has 23 heavy (non-hydrogen) atoms. The van der Waals surface area contributed by atoms with Gasteiger partial charge in [-0.3, -0.25) is 4.40 Å². The number of carbonyl (C=O) groups is 1. The van der Waals surface area contributed by atoms with Crippen molar-refractivity contribution in [1.29, 1.82) is 0 Å². The van der Waals surface area contributed by atoms with Crippen molar-refractivity contribution in [1.82, 2.24) is 14.3 Å². The van der Waals surface area contributed by atoms with E-state index in [1.807, 2.05) is 37.9 Å². The van der Waals surface area contributed by atoms with Crippen molar-refractivity contribution in [3.05, 3.63) is 34.7 Å². The quantitative estimate of drug-likeness (QED) is 0.745. The normalized spacial score (nSPS) is 16.8. The average molecular weight is 380 g/mol. The smallest absolute Gasteiger partial charge is 0.410 e. The Hall–Kier alpha value is -1.56. The van der Waals surface area contributed by atoms with Gasteiger partial charge in [0, 0.05) is 19.3 Å². The van der Waals surface area contributed by atoms with Gasteiger partial charge in [0.1, 0.15) is 15.9 Å². The van der Waals surface area contributed by atoms with Crippen LogP contribution >= 0.6 is 15.9 Å². The van der Waals surface area contributed by atoms with Gasteiger partial charge in [0.2, 0.25) is 0 Å². The Kier molecular flexibility index (Phi) is 4.36. The highest BCUT2D eigenvalue weighted by molar-refractivity contribution is 9.10. The van der Waals surface area contributed by atoms with Crippen LogP contribution in [0.1, 0.15) is 45.1 Å². The molecular weight excluding hydrogens is 358 g/mol. The second kappa shape index (κ2) is 6.15. The molecule has 2 aromatic rings. The maximum Gasteiger partial charge on any atom is 0.410 e. The third-order valence-electron chi connectivity index (χ3n) is 4.10. The van der Waals surface area contributed by atoms with Crippen LogP contribution in [0.15, 0.2) is 29.1 Å². The maximum absolute atomic E-state index is 12.1. The number of piperidine rings is 1. The second-order valence-electron chi connectivity index (χ2n) is 7.01. The summed E-state index contributed by atoms with van der Waals surface area (Å²) in [7, 11) is 0. The van der Waals surface area contributed by atoms with Crippen molar-refractivity contribution in [2.24, 2.45) is 0 Å². The third-order valence-corrected chi connectivity index (χ3v) is 4.69. The zero-order valence-corrected chi connectivity index (χ0v) is 15.3. The number of pyridine rings is 1. The summed E-state index contributed by atoms with van der Waals surface area (Å²) in [5, 5.41) is 0. The Balaban J connectivity index is 1.66. The summed E-state index contributed by atoms with van der Waals surface area (Å²) in [4.78, 5) is 18.3. The molecule has 0 spiro atoms. The van der Waals surface area contributed by atoms with Crippen LogP contribution in [0, 0.1) is 0 Å². The highest BCUT2D eigenvalue weighted by Gasteiger charge is 2.27. The van der Waals surface area contributed by atoms with Crippen LogP contribution in [-0.4, -0.2) is 39.1 Å². The van der Waals surface area contributed by atoms with E-state index in [1.54, 1.807) is 0 Å². The van der Waals surface area contributed by atoms with E-state index in [0.29, 0.717) is 5.92 Å². The summed E-state index contributed by atoms with van der Waals surface area (Å²) >= 11 is 3.51. The van der Waals surface area contributed by atoms with E-state index < -0.39 is 5.60 Å². The number of imidazole rings is 1. The van der Waals surface area contributed by atoms with Gasteiger partial charge in [0.15, 0.2) is 0 Å². The Morgan fingerprint density at radius 1 is 1.30 bits per heavy atom. The Morgan fingerprint density at radius 2 is 2.00 bits per heavy atom. The summed E-state index contributed by atoms with van der Waals surface area (Å²) < 4.78 is 8.46. The lowest BCUT2D eigenvalue weighted by atomic mass is 9.90. The van der Waals surface area contributed by atoms with E-state index in [9.17, 15) is 4.79 Å². The van der Waals surface area contributed by atoms with Gasteiger partial charge in [-0.2, -0.15) is 0 Å². The summed E-state index contributed by atoms with van der Waals surface area (Å²) in [5.74, 6) is 0.465. The minimum Gasteiger partial charge on any atom is -0.444 e. The van der Waals surface area contributed by atoms with Crippen LogP contribution < -0.4 is 0 Å². The van der Waals surface area contributed by atoms with Crippen molar-refractivity contribution >= 4 is 27.7 Å². The summed E-state index contributed by atoms with van der Waals surface area (Å²) in [6.45, 7) is 7.17. The first-order valence-electron chi connectivity index (χ1n) is 7.94. The Labute approximate surface area is 144 Å². The maximum atomic E-state index is 12.1. The van der Waals surface area contributed by atoms with Gasteiger partial charge in [-0.1, -0.05) is 6.07 Å². The van der Waals surface area contributed by atoms with E-state index >= 15 is 0 Å². The first-order chi connectivity index (χ1) is 10.8. The highest BCUT2D eigenvalue weighted by Crippen LogP contribution is 2.29. The van der Waals surface area contributed by atoms with E-state index in [1.165, 1.54) is 5.56 Å². The molecule has 0 unspecified atom stereocenters. The van der Waals surface area contributed by atoms with Crippen LogP contribution in [0.5, 0.6) is 0 Å². The molecule has 1 amide bonds. The van der Waals surface area contributed by atoms with Gasteiger partial charge in [-0.25, -0.2) is 9.78 Å². The van der Waals surface area contributed by atoms with Crippen LogP contribution in [0.2, 0.25) is 0 Å². The second-order valence-corrected chi connectivity index (χ2v) is 7.83. The number of ether oxygens (including phenoxy) is 1. The lowest BCUT2D eigenvalue weighted by Crippen LogP contribution is -2.41. The lowest BCUT2D eigenvalue weighted by Gasteiger charge is -2.33. The van der Waals surface area contributed by atoms with E-state index in [2.05, 4.69) is 37.6 Å². The van der Waals surface area contributed by atoms with E-state index in [0.717, 1.165) is 36.2 Å². The monoisotopic (exact) mass is 379 g/mol. The number of hydrogen-bond acceptors (Lipinski definition) is 3. The molecule has 0 N–H and O–H groups in total. The predicted molar refractivity (Wildman–Crippen MR) is 92.7 cm³/mol. The molecule has 124 valence electrons. The zero-order valence-electron chi connectivity index (χ0n) is 13.8. The number of likely N-dealkylation sites (tertiary alicyclic amines) is 1. The molecule has 1 aliphatic rings. The highest BCUT2D eigenvalue weighted by atomic mass is 79.9. The predicted octanol–water partition coefficient (Wildman–Crippen LogP) is 4.21. The first-order valence-corrected chi connectivity index (χ1v) is 8.73. The number of halogens is 1. The van der Waals surface area contributed by atoms with Crippen molar-refractivity contribution in [2.45, 2.75) is 45.1 Å². The van der Waals surface area contributed by atoms with Gasteiger partial charge in [-0.05, 0) is 67.1 Å². The fraction of sp³-hybridized carbons (Fsp3) is 0.529. The number of aromatic nitrogens is 2. The first kappa shape index (κ1) is 16.3. The molecular formula is C17H22BrN3O2. The minimum atomic E-state index is -0.438. The van der Waals surface area contributed by atoms with Crippen LogP contribution in [0.25, 0.3) is 5.65 Å². The number of fused-ring (bicyclic) bond motifs is 1. The van der Waals surface area contributed by atoms with Crippen molar-refractivity contribution in [3.8, 4) is 0 Å². The minimum absolute atomic E-state index is 0.205. The molecule has 0 aliphatic carbocycles. The number of carbonyl (C=O) groups excluding carboxylic acids is 1. The summed E-state index contributed by atoms with van der Waals surface area (Å²) in [6, 6.07) is 4.18. The lowest BCUT2D eigenvalue weighted by molar-refractivity contribution is 0.0205. The standard InChI is InChI=1S/C17H22BrN3O2/c1-17(2,3)23-16(22)20-8-6-12(7-9-20)13-4-5-15-19-10-14(18)21(15)11-13/h4-5,10-12H,6-9H2,1-3H3. The van der Waals surface area contributed by atoms with Crippen molar-refractivity contribution < 1.29 is 9.53 Å². The van der Waals surface area contributed by atoms with E-state index in [4.69, 9.17) is 4.74 Å². The molecule has 0 atom stereocenters. The molecule has 1 fully saturated rings. The SMILES string of the molecule is CC(C)(C)OC(=O)N1CCC(c2ccc3ncc(Br)n3c2)CC1. The van der Waals surface area contributed by atoms with Gasteiger partial charge in [0.05, 0.1) is 6.20 Å². The Morgan fingerprint density at radius 3 is 2.65 bits per heavy atom. The molecule has 3 heterocycles. The summed E-state index contributed by atoms with van der Waals surface area (Å²) in [6.07, 6.45) is 5.65. The van der Waals surface area contributed by atoms with Crippen LogP contribution in [0.4, 0.5) is 4.79 Å². The molecule has 1 saturated heterocycles.